The molecule has 3 rings (SSSR count). The molecule has 0 unspecified atom stereocenters. The highest BCUT2D eigenvalue weighted by Gasteiger charge is 2.14. The van der Waals surface area contributed by atoms with Crippen LogP contribution < -0.4 is 5.36 Å². The minimum absolute atomic E-state index is 0.200. The summed E-state index contributed by atoms with van der Waals surface area (Å²) in [5, 5.41) is 9.05. The number of carbonyl (C=O) groups is 1. The molecule has 25 heavy (non-hydrogen) atoms. The monoisotopic (exact) mass is 336 g/mol. The van der Waals surface area contributed by atoms with Crippen molar-refractivity contribution in [2.24, 2.45) is 4.99 Å². The molecule has 0 aliphatic carbocycles. The molecule has 3 aromatic heterocycles. The summed E-state index contributed by atoms with van der Waals surface area (Å²) in [6.07, 6.45) is 6.67. The quantitative estimate of drug-likeness (QED) is 0.731. The molecule has 0 aliphatic heterocycles. The molecule has 128 valence electrons. The maximum Gasteiger partial charge on any atom is 0.281 e. The van der Waals surface area contributed by atoms with E-state index in [1.807, 2.05) is 43.7 Å². The lowest BCUT2D eigenvalue weighted by molar-refractivity contribution is 0.0997. The first kappa shape index (κ1) is 16.8. The van der Waals surface area contributed by atoms with E-state index in [1.165, 1.54) is 0 Å². The topological polar surface area (TPSA) is 78.0 Å². The van der Waals surface area contributed by atoms with Gasteiger partial charge in [0, 0.05) is 24.1 Å². The first-order valence-corrected chi connectivity index (χ1v) is 8.10. The number of carbonyl (C=O) groups excluding carboxylic acids is 1. The molecule has 0 N–H and O–H groups in total. The van der Waals surface area contributed by atoms with Gasteiger partial charge < -0.3 is 0 Å². The number of nitrogens with zero attached hydrogens (tertiary/aromatic N) is 6. The lowest BCUT2D eigenvalue weighted by Gasteiger charge is -2.07. The summed E-state index contributed by atoms with van der Waals surface area (Å²) in [6, 6.07) is 7.70. The van der Waals surface area contributed by atoms with Gasteiger partial charge in [-0.3, -0.25) is 19.1 Å². The zero-order valence-corrected chi connectivity index (χ0v) is 14.5. The van der Waals surface area contributed by atoms with Gasteiger partial charge in [0.25, 0.3) is 5.91 Å². The SMILES string of the molecule is Cc1c(C(=O)N=c2ccn(Cc3ccccn3)nc2)cnn1C(C)C. The van der Waals surface area contributed by atoms with Crippen molar-refractivity contribution in [2.75, 3.05) is 0 Å². The summed E-state index contributed by atoms with van der Waals surface area (Å²) in [6.45, 7) is 6.48. The van der Waals surface area contributed by atoms with Crippen LogP contribution in [-0.2, 0) is 6.54 Å². The zero-order valence-electron chi connectivity index (χ0n) is 14.5. The van der Waals surface area contributed by atoms with E-state index in [9.17, 15) is 4.79 Å². The lowest BCUT2D eigenvalue weighted by atomic mass is 10.2. The number of hydrogen-bond donors (Lipinski definition) is 0. The van der Waals surface area contributed by atoms with Crippen LogP contribution in [0.25, 0.3) is 0 Å². The van der Waals surface area contributed by atoms with E-state index in [1.54, 1.807) is 35.5 Å². The Morgan fingerprint density at radius 3 is 2.64 bits per heavy atom. The van der Waals surface area contributed by atoms with Crippen LogP contribution in [0.2, 0.25) is 0 Å². The largest absolute Gasteiger partial charge is 0.281 e. The van der Waals surface area contributed by atoms with Crippen LogP contribution in [0.1, 0.15) is 41.6 Å². The molecule has 0 spiro atoms. The van der Waals surface area contributed by atoms with Gasteiger partial charge in [-0.25, -0.2) is 4.99 Å². The summed E-state index contributed by atoms with van der Waals surface area (Å²) >= 11 is 0. The van der Waals surface area contributed by atoms with Crippen molar-refractivity contribution >= 4 is 5.91 Å². The smallest absolute Gasteiger partial charge is 0.267 e. The van der Waals surface area contributed by atoms with Gasteiger partial charge in [-0.15, -0.1) is 0 Å². The van der Waals surface area contributed by atoms with Crippen molar-refractivity contribution in [3.8, 4) is 0 Å². The number of hydrogen-bond acceptors (Lipinski definition) is 4. The van der Waals surface area contributed by atoms with Crippen LogP contribution in [0.3, 0.4) is 0 Å². The van der Waals surface area contributed by atoms with Crippen molar-refractivity contribution in [2.45, 2.75) is 33.4 Å². The molecule has 0 fully saturated rings. The minimum atomic E-state index is -0.311. The number of rotatable bonds is 4. The third-order valence-electron chi connectivity index (χ3n) is 3.80. The molecule has 3 heterocycles. The fourth-order valence-corrected chi connectivity index (χ4v) is 2.53. The highest BCUT2D eigenvalue weighted by atomic mass is 16.1. The molecule has 0 saturated carbocycles. The molecule has 0 saturated heterocycles. The fraction of sp³-hybridized carbons (Fsp3) is 0.278. The van der Waals surface area contributed by atoms with Crippen molar-refractivity contribution in [1.82, 2.24) is 24.5 Å². The predicted octanol–water partition coefficient (Wildman–Crippen LogP) is 2.15. The van der Waals surface area contributed by atoms with Crippen molar-refractivity contribution in [3.63, 3.8) is 0 Å². The Labute approximate surface area is 145 Å². The van der Waals surface area contributed by atoms with Crippen molar-refractivity contribution in [3.05, 3.63) is 71.4 Å². The second kappa shape index (κ2) is 7.21. The predicted molar refractivity (Wildman–Crippen MR) is 92.8 cm³/mol. The Hall–Kier alpha value is -3.09. The second-order valence-electron chi connectivity index (χ2n) is 6.00. The van der Waals surface area contributed by atoms with Gasteiger partial charge in [-0.2, -0.15) is 10.2 Å². The zero-order chi connectivity index (χ0) is 17.8. The molecule has 0 atom stereocenters. The van der Waals surface area contributed by atoms with E-state index >= 15 is 0 Å². The highest BCUT2D eigenvalue weighted by molar-refractivity contribution is 5.95. The third kappa shape index (κ3) is 3.88. The van der Waals surface area contributed by atoms with E-state index in [0.29, 0.717) is 17.5 Å². The maximum absolute atomic E-state index is 12.4. The molecule has 7 nitrogen and oxygen atoms in total. The van der Waals surface area contributed by atoms with Gasteiger partial charge in [0.15, 0.2) is 0 Å². The van der Waals surface area contributed by atoms with Gasteiger partial charge in [0.2, 0.25) is 0 Å². The molecule has 7 heteroatoms. The molecular weight excluding hydrogens is 316 g/mol. The molecular formula is C18H20N6O. The normalized spacial score (nSPS) is 11.9. The van der Waals surface area contributed by atoms with Crippen LogP contribution in [0.5, 0.6) is 0 Å². The van der Waals surface area contributed by atoms with Crippen LogP contribution >= 0.6 is 0 Å². The Balaban J connectivity index is 1.78. The summed E-state index contributed by atoms with van der Waals surface area (Å²) in [4.78, 5) is 20.8. The van der Waals surface area contributed by atoms with Crippen molar-refractivity contribution in [1.29, 1.82) is 0 Å². The Morgan fingerprint density at radius 2 is 2.04 bits per heavy atom. The molecule has 3 aromatic rings. The standard InChI is InChI=1S/C18H20N6O/c1-13(2)24-14(3)17(11-21-24)18(25)22-15-7-9-23(20-10-15)12-16-6-4-5-8-19-16/h4-11,13H,12H2,1-3H3. The summed E-state index contributed by atoms with van der Waals surface area (Å²) in [7, 11) is 0. The second-order valence-corrected chi connectivity index (χ2v) is 6.00. The highest BCUT2D eigenvalue weighted by Crippen LogP contribution is 2.13. The Kier molecular flexibility index (Phi) is 4.83. The molecule has 1 amide bonds. The molecule has 0 radical (unpaired) electrons. The van der Waals surface area contributed by atoms with E-state index in [2.05, 4.69) is 20.2 Å². The van der Waals surface area contributed by atoms with Gasteiger partial charge >= 0.3 is 0 Å². The van der Waals surface area contributed by atoms with Gasteiger partial charge in [0.05, 0.1) is 35.6 Å². The average Bonchev–Trinajstić information content (AvgIpc) is 2.99. The van der Waals surface area contributed by atoms with Crippen molar-refractivity contribution < 1.29 is 4.79 Å². The van der Waals surface area contributed by atoms with E-state index in [4.69, 9.17) is 0 Å². The number of aromatic nitrogens is 5. The number of amides is 1. The molecule has 0 aliphatic rings. The first-order valence-electron chi connectivity index (χ1n) is 8.10. The van der Waals surface area contributed by atoms with Crippen LogP contribution in [-0.4, -0.2) is 30.5 Å². The van der Waals surface area contributed by atoms with Crippen LogP contribution in [0.15, 0.2) is 54.0 Å². The van der Waals surface area contributed by atoms with Gasteiger partial charge in [-0.05, 0) is 39.0 Å². The molecule has 0 bridgehead atoms. The summed E-state index contributed by atoms with van der Waals surface area (Å²) < 4.78 is 3.56. The average molecular weight is 336 g/mol. The van der Waals surface area contributed by atoms with E-state index in [-0.39, 0.29) is 11.9 Å². The summed E-state index contributed by atoms with van der Waals surface area (Å²) in [5.74, 6) is -0.311. The van der Waals surface area contributed by atoms with Gasteiger partial charge in [-0.1, -0.05) is 6.07 Å². The third-order valence-corrected chi connectivity index (χ3v) is 3.80. The summed E-state index contributed by atoms with van der Waals surface area (Å²) in [5.41, 5.74) is 2.24. The first-order chi connectivity index (χ1) is 12.0. The van der Waals surface area contributed by atoms with Gasteiger partial charge in [0.1, 0.15) is 0 Å². The Bertz CT molecular complexity index is 919. The molecule has 0 aromatic carbocycles. The van der Waals surface area contributed by atoms with Crippen LogP contribution in [0.4, 0.5) is 0 Å². The fourth-order valence-electron chi connectivity index (χ4n) is 2.53. The van der Waals surface area contributed by atoms with E-state index in [0.717, 1.165) is 11.4 Å². The lowest BCUT2D eigenvalue weighted by Crippen LogP contribution is -2.13. The number of pyridine rings is 1. The minimum Gasteiger partial charge on any atom is -0.267 e. The van der Waals surface area contributed by atoms with Crippen LogP contribution in [0, 0.1) is 6.92 Å². The van der Waals surface area contributed by atoms with E-state index < -0.39 is 0 Å². The maximum atomic E-state index is 12.4. The Morgan fingerprint density at radius 1 is 1.20 bits per heavy atom.